The number of aliphatic hydroxyl groups is 2. The number of nitrogens with one attached hydrogen (secondary N) is 2. The van der Waals surface area contributed by atoms with E-state index in [-0.39, 0.29) is 18.4 Å². The molecule has 0 fully saturated rings. The van der Waals surface area contributed by atoms with Crippen LogP contribution in [0.2, 0.25) is 5.28 Å². The summed E-state index contributed by atoms with van der Waals surface area (Å²) in [6, 6.07) is 0. The molecule has 16 heavy (non-hydrogen) atoms. The summed E-state index contributed by atoms with van der Waals surface area (Å²) in [4.78, 5) is 14.7. The van der Waals surface area contributed by atoms with E-state index in [1.807, 2.05) is 0 Å². The van der Waals surface area contributed by atoms with Crippen molar-refractivity contribution in [3.8, 4) is 0 Å². The van der Waals surface area contributed by atoms with Crippen molar-refractivity contribution >= 4 is 28.6 Å². The number of aromatic amines is 1. The van der Waals surface area contributed by atoms with Gasteiger partial charge in [-0.15, -0.1) is 0 Å². The summed E-state index contributed by atoms with van der Waals surface area (Å²) in [6.45, 7) is -0.157. The molecule has 0 saturated carbocycles. The highest BCUT2D eigenvalue weighted by atomic mass is 35.5. The summed E-state index contributed by atoms with van der Waals surface area (Å²) < 4.78 is 0. The van der Waals surface area contributed by atoms with Crippen molar-refractivity contribution in [3.05, 3.63) is 11.6 Å². The van der Waals surface area contributed by atoms with E-state index in [4.69, 9.17) is 16.7 Å². The molecule has 0 aromatic carbocycles. The normalized spacial score (nSPS) is 12.9. The molecule has 2 heterocycles. The second-order valence-electron chi connectivity index (χ2n) is 3.16. The smallest absolute Gasteiger partial charge is 0.226 e. The number of nitrogens with zero attached hydrogens (tertiary/aromatic N) is 3. The largest absolute Gasteiger partial charge is 0.394 e. The molecule has 7 nitrogen and oxygen atoms in total. The molecule has 4 N–H and O–H groups in total. The maximum atomic E-state index is 9.20. The molecular weight excluding hydrogens is 234 g/mol. The van der Waals surface area contributed by atoms with Crippen LogP contribution in [0.15, 0.2) is 6.33 Å². The number of imidazole rings is 1. The minimum atomic E-state index is -0.855. The molecule has 8 heteroatoms. The Labute approximate surface area is 95.5 Å². The van der Waals surface area contributed by atoms with Gasteiger partial charge in [-0.3, -0.25) is 0 Å². The number of aromatic nitrogens is 4. The first-order valence-electron chi connectivity index (χ1n) is 4.60. The summed E-state index contributed by atoms with van der Waals surface area (Å²) in [5, 5.41) is 20.8. The van der Waals surface area contributed by atoms with E-state index in [0.29, 0.717) is 17.0 Å². The summed E-state index contributed by atoms with van der Waals surface area (Å²) in [7, 11) is 0. The van der Waals surface area contributed by atoms with E-state index in [1.54, 1.807) is 0 Å². The Morgan fingerprint density at radius 3 is 3.06 bits per heavy atom. The lowest BCUT2D eigenvalue weighted by Crippen LogP contribution is -2.23. The fourth-order valence-electron chi connectivity index (χ4n) is 1.21. The van der Waals surface area contributed by atoms with Crippen molar-refractivity contribution in [1.82, 2.24) is 19.9 Å². The zero-order chi connectivity index (χ0) is 11.5. The van der Waals surface area contributed by atoms with Crippen LogP contribution in [-0.2, 0) is 0 Å². The zero-order valence-electron chi connectivity index (χ0n) is 8.18. The van der Waals surface area contributed by atoms with Crippen molar-refractivity contribution in [2.45, 2.75) is 6.10 Å². The van der Waals surface area contributed by atoms with Gasteiger partial charge in [-0.1, -0.05) is 0 Å². The first-order chi connectivity index (χ1) is 7.70. The molecule has 2 rings (SSSR count). The maximum Gasteiger partial charge on any atom is 0.226 e. The standard InChI is InChI=1S/C8H10ClN5O2/c9-8-13-6(10-1-4(16)2-15)5-7(14-8)12-3-11-5/h3-4,15-16H,1-2H2,(H2,10,11,12,13,14). The average molecular weight is 244 g/mol. The monoisotopic (exact) mass is 243 g/mol. The molecule has 0 amide bonds. The first-order valence-corrected chi connectivity index (χ1v) is 4.98. The highest BCUT2D eigenvalue weighted by molar-refractivity contribution is 6.28. The molecule has 2 aromatic rings. The average Bonchev–Trinajstić information content (AvgIpc) is 2.73. The Kier molecular flexibility index (Phi) is 3.18. The molecule has 0 saturated heterocycles. The molecule has 0 aliphatic carbocycles. The van der Waals surface area contributed by atoms with Gasteiger partial charge in [-0.2, -0.15) is 9.97 Å². The molecule has 86 valence electrons. The summed E-state index contributed by atoms with van der Waals surface area (Å²) in [5.74, 6) is 0.444. The van der Waals surface area contributed by atoms with Gasteiger partial charge in [0.25, 0.3) is 0 Å². The highest BCUT2D eigenvalue weighted by Crippen LogP contribution is 2.18. The van der Waals surface area contributed by atoms with E-state index in [0.717, 1.165) is 0 Å². The highest BCUT2D eigenvalue weighted by Gasteiger charge is 2.09. The van der Waals surface area contributed by atoms with E-state index >= 15 is 0 Å². The summed E-state index contributed by atoms with van der Waals surface area (Å²) >= 11 is 5.70. The molecular formula is C8H10ClN5O2. The number of fused-ring (bicyclic) bond motifs is 1. The van der Waals surface area contributed by atoms with Crippen LogP contribution < -0.4 is 5.32 Å². The first kappa shape index (κ1) is 11.1. The van der Waals surface area contributed by atoms with Gasteiger partial charge in [0.15, 0.2) is 11.5 Å². The zero-order valence-corrected chi connectivity index (χ0v) is 8.94. The fourth-order valence-corrected chi connectivity index (χ4v) is 1.38. The van der Waals surface area contributed by atoms with Gasteiger partial charge in [0.2, 0.25) is 5.28 Å². The fraction of sp³-hybridized carbons (Fsp3) is 0.375. The Morgan fingerprint density at radius 1 is 1.50 bits per heavy atom. The third kappa shape index (κ3) is 2.21. The molecule has 1 atom stereocenters. The van der Waals surface area contributed by atoms with Crippen molar-refractivity contribution in [2.75, 3.05) is 18.5 Å². The minimum Gasteiger partial charge on any atom is -0.394 e. The predicted octanol–water partition coefficient (Wildman–Crippen LogP) is -0.229. The Balaban J connectivity index is 2.25. The van der Waals surface area contributed by atoms with Crippen molar-refractivity contribution in [2.24, 2.45) is 0 Å². The molecule has 0 aliphatic heterocycles. The number of hydrogen-bond acceptors (Lipinski definition) is 6. The lowest BCUT2D eigenvalue weighted by molar-refractivity contribution is 0.105. The summed E-state index contributed by atoms with van der Waals surface area (Å²) in [6.07, 6.45) is 0.621. The molecule has 0 aliphatic rings. The van der Waals surface area contributed by atoms with E-state index in [9.17, 15) is 5.11 Å². The number of aliphatic hydroxyl groups excluding tert-OH is 2. The quantitative estimate of drug-likeness (QED) is 0.553. The lowest BCUT2D eigenvalue weighted by atomic mass is 10.3. The molecule has 0 bridgehead atoms. The number of rotatable bonds is 4. The van der Waals surface area contributed by atoms with Gasteiger partial charge in [0.05, 0.1) is 19.0 Å². The Bertz CT molecular complexity index is 488. The number of halogens is 1. The third-order valence-corrected chi connectivity index (χ3v) is 2.14. The molecule has 2 aromatic heterocycles. The van der Waals surface area contributed by atoms with Crippen LogP contribution in [0.1, 0.15) is 0 Å². The van der Waals surface area contributed by atoms with Crippen molar-refractivity contribution in [3.63, 3.8) is 0 Å². The molecule has 0 spiro atoms. The minimum absolute atomic E-state index is 0.0700. The van der Waals surface area contributed by atoms with Crippen LogP contribution in [-0.4, -0.2) is 49.4 Å². The maximum absolute atomic E-state index is 9.20. The Morgan fingerprint density at radius 2 is 2.31 bits per heavy atom. The van der Waals surface area contributed by atoms with Crippen LogP contribution >= 0.6 is 11.6 Å². The second-order valence-corrected chi connectivity index (χ2v) is 3.50. The van der Waals surface area contributed by atoms with Gasteiger partial charge in [-0.05, 0) is 11.6 Å². The SMILES string of the molecule is OCC(O)CNc1nc(Cl)nc2nc[nH]c12. The molecule has 1 unspecified atom stereocenters. The topological polar surface area (TPSA) is 107 Å². The van der Waals surface area contributed by atoms with Gasteiger partial charge >= 0.3 is 0 Å². The van der Waals surface area contributed by atoms with Crippen molar-refractivity contribution in [1.29, 1.82) is 0 Å². The van der Waals surface area contributed by atoms with E-state index in [1.165, 1.54) is 6.33 Å². The predicted molar refractivity (Wildman–Crippen MR) is 58.3 cm³/mol. The third-order valence-electron chi connectivity index (χ3n) is 1.97. The van der Waals surface area contributed by atoms with Crippen LogP contribution in [0, 0.1) is 0 Å². The van der Waals surface area contributed by atoms with Crippen molar-refractivity contribution < 1.29 is 10.2 Å². The van der Waals surface area contributed by atoms with Crippen LogP contribution in [0.25, 0.3) is 11.2 Å². The van der Waals surface area contributed by atoms with Gasteiger partial charge < -0.3 is 20.5 Å². The van der Waals surface area contributed by atoms with Crippen LogP contribution in [0.4, 0.5) is 5.82 Å². The molecule has 0 radical (unpaired) electrons. The number of anilines is 1. The lowest BCUT2D eigenvalue weighted by Gasteiger charge is -2.09. The van der Waals surface area contributed by atoms with Crippen LogP contribution in [0.3, 0.4) is 0 Å². The number of hydrogen-bond donors (Lipinski definition) is 4. The Hall–Kier alpha value is -1.44. The second kappa shape index (κ2) is 4.60. The van der Waals surface area contributed by atoms with Gasteiger partial charge in [0, 0.05) is 6.54 Å². The van der Waals surface area contributed by atoms with E-state index < -0.39 is 6.10 Å². The van der Waals surface area contributed by atoms with Gasteiger partial charge in [-0.25, -0.2) is 4.98 Å². The number of H-pyrrole nitrogens is 1. The summed E-state index contributed by atoms with van der Waals surface area (Å²) in [5.41, 5.74) is 1.05. The van der Waals surface area contributed by atoms with Crippen LogP contribution in [0.5, 0.6) is 0 Å². The van der Waals surface area contributed by atoms with Gasteiger partial charge in [0.1, 0.15) is 5.52 Å². The van der Waals surface area contributed by atoms with E-state index in [2.05, 4.69) is 25.3 Å².